The first kappa shape index (κ1) is 20.7. The predicted octanol–water partition coefficient (Wildman–Crippen LogP) is 7.65. The molecule has 0 heterocycles. The Kier molecular flexibility index (Phi) is 6.32. The maximum absolute atomic E-state index is 14.4. The van der Waals surface area contributed by atoms with E-state index in [0.717, 1.165) is 34.3 Å². The highest BCUT2D eigenvalue weighted by molar-refractivity contribution is 5.47. The minimum Gasteiger partial charge on any atom is -0.206 e. The van der Waals surface area contributed by atoms with Gasteiger partial charge in [0.25, 0.3) is 0 Å². The number of hydrogen-bond donors (Lipinski definition) is 0. The van der Waals surface area contributed by atoms with Crippen molar-refractivity contribution in [1.82, 2.24) is 0 Å². The Morgan fingerprint density at radius 3 is 2.12 bits per heavy atom. The third kappa shape index (κ3) is 3.72. The van der Waals surface area contributed by atoms with Gasteiger partial charge in [-0.3, -0.25) is 0 Å². The number of halogens is 1. The molecule has 1 aromatic rings. The van der Waals surface area contributed by atoms with Gasteiger partial charge in [-0.25, -0.2) is 4.39 Å². The third-order valence-electron chi connectivity index (χ3n) is 6.63. The SMILES string of the molecule is C=C(C)C(C(=C)C)=C(C)C1(C(C)Cc2ccc(C)c(F)c2C)CCCC1. The molecule has 1 atom stereocenters. The highest BCUT2D eigenvalue weighted by atomic mass is 19.1. The van der Waals surface area contributed by atoms with Crippen LogP contribution in [0.4, 0.5) is 4.39 Å². The van der Waals surface area contributed by atoms with E-state index < -0.39 is 0 Å². The summed E-state index contributed by atoms with van der Waals surface area (Å²) in [5.74, 6) is 0.409. The van der Waals surface area contributed by atoms with Crippen LogP contribution < -0.4 is 0 Å². The van der Waals surface area contributed by atoms with E-state index in [9.17, 15) is 4.39 Å². The second-order valence-electron chi connectivity index (χ2n) is 8.51. The van der Waals surface area contributed by atoms with Gasteiger partial charge >= 0.3 is 0 Å². The second-order valence-corrected chi connectivity index (χ2v) is 8.51. The molecule has 0 amide bonds. The van der Waals surface area contributed by atoms with Gasteiger partial charge in [-0.1, -0.05) is 61.8 Å². The normalized spacial score (nSPS) is 17.0. The van der Waals surface area contributed by atoms with Crippen LogP contribution in [-0.4, -0.2) is 0 Å². The molecule has 0 saturated heterocycles. The summed E-state index contributed by atoms with van der Waals surface area (Å²) in [7, 11) is 0. The summed E-state index contributed by atoms with van der Waals surface area (Å²) in [6.07, 6.45) is 5.86. The van der Waals surface area contributed by atoms with Crippen molar-refractivity contribution in [3.63, 3.8) is 0 Å². The standard InChI is InChI=1S/C25H35F/c1-16(2)23(17(3)4)21(8)25(13-9-10-14-25)19(6)15-22-12-11-18(5)24(26)20(22)7/h11-12,19H,1,3,9-10,13-15H2,2,4-8H3. The fourth-order valence-electron chi connectivity index (χ4n) is 5.10. The summed E-state index contributed by atoms with van der Waals surface area (Å²) in [4.78, 5) is 0. The van der Waals surface area contributed by atoms with Gasteiger partial charge in [0, 0.05) is 0 Å². The maximum atomic E-state index is 14.4. The van der Waals surface area contributed by atoms with Gasteiger partial charge in [0.05, 0.1) is 0 Å². The predicted molar refractivity (Wildman–Crippen MR) is 112 cm³/mol. The first-order chi connectivity index (χ1) is 12.1. The van der Waals surface area contributed by atoms with Crippen LogP contribution in [0.1, 0.15) is 70.1 Å². The summed E-state index contributed by atoms with van der Waals surface area (Å²) >= 11 is 0. The highest BCUT2D eigenvalue weighted by Crippen LogP contribution is 2.52. The highest BCUT2D eigenvalue weighted by Gasteiger charge is 2.41. The summed E-state index contributed by atoms with van der Waals surface area (Å²) < 4.78 is 14.4. The van der Waals surface area contributed by atoms with E-state index in [-0.39, 0.29) is 11.2 Å². The van der Waals surface area contributed by atoms with Crippen molar-refractivity contribution in [1.29, 1.82) is 0 Å². The third-order valence-corrected chi connectivity index (χ3v) is 6.63. The monoisotopic (exact) mass is 354 g/mol. The number of benzene rings is 1. The lowest BCUT2D eigenvalue weighted by Crippen LogP contribution is -2.30. The van der Waals surface area contributed by atoms with Crippen molar-refractivity contribution in [3.05, 3.63) is 70.1 Å². The second kappa shape index (κ2) is 7.94. The van der Waals surface area contributed by atoms with Gasteiger partial charge in [0.1, 0.15) is 5.82 Å². The Bertz CT molecular complexity index is 726. The molecule has 1 aliphatic rings. The number of rotatable bonds is 6. The molecule has 0 aromatic heterocycles. The van der Waals surface area contributed by atoms with Gasteiger partial charge in [-0.15, -0.1) is 0 Å². The van der Waals surface area contributed by atoms with Crippen molar-refractivity contribution < 1.29 is 4.39 Å². The minimum absolute atomic E-state index is 0.0491. The molecular formula is C25H35F. The van der Waals surface area contributed by atoms with Gasteiger partial charge in [0.15, 0.2) is 0 Å². The Hall–Kier alpha value is -1.63. The maximum Gasteiger partial charge on any atom is 0.129 e. The lowest BCUT2D eigenvalue weighted by Gasteiger charge is -2.39. The Labute approximate surface area is 159 Å². The van der Waals surface area contributed by atoms with E-state index in [1.54, 1.807) is 0 Å². The zero-order valence-corrected chi connectivity index (χ0v) is 17.6. The van der Waals surface area contributed by atoms with E-state index in [1.165, 1.54) is 36.8 Å². The molecule has 1 aromatic carbocycles. The van der Waals surface area contributed by atoms with Gasteiger partial charge < -0.3 is 0 Å². The molecule has 1 aliphatic carbocycles. The topological polar surface area (TPSA) is 0 Å². The van der Waals surface area contributed by atoms with Crippen LogP contribution in [0.3, 0.4) is 0 Å². The average molecular weight is 355 g/mol. The molecule has 1 fully saturated rings. The lowest BCUT2D eigenvalue weighted by molar-refractivity contribution is 0.231. The molecule has 1 saturated carbocycles. The molecule has 142 valence electrons. The average Bonchev–Trinajstić information content (AvgIpc) is 3.05. The van der Waals surface area contributed by atoms with E-state index in [4.69, 9.17) is 0 Å². The largest absolute Gasteiger partial charge is 0.206 e. The fourth-order valence-corrected chi connectivity index (χ4v) is 5.10. The number of allylic oxidation sites excluding steroid dienone is 4. The van der Waals surface area contributed by atoms with E-state index >= 15 is 0 Å². The van der Waals surface area contributed by atoms with E-state index in [2.05, 4.69) is 46.9 Å². The summed E-state index contributed by atoms with van der Waals surface area (Å²) in [6.45, 7) is 21.0. The van der Waals surface area contributed by atoms with Crippen molar-refractivity contribution in [2.24, 2.45) is 11.3 Å². The van der Waals surface area contributed by atoms with Crippen LogP contribution in [0.25, 0.3) is 0 Å². The molecule has 0 bridgehead atoms. The van der Waals surface area contributed by atoms with Crippen LogP contribution in [0, 0.1) is 31.0 Å². The van der Waals surface area contributed by atoms with Crippen LogP contribution in [0.2, 0.25) is 0 Å². The van der Waals surface area contributed by atoms with Crippen LogP contribution in [0.5, 0.6) is 0 Å². The van der Waals surface area contributed by atoms with Crippen molar-refractivity contribution >= 4 is 0 Å². The van der Waals surface area contributed by atoms with Crippen molar-refractivity contribution in [2.45, 2.75) is 73.6 Å². The van der Waals surface area contributed by atoms with Crippen LogP contribution in [0.15, 0.2) is 47.6 Å². The molecule has 0 radical (unpaired) electrons. The summed E-state index contributed by atoms with van der Waals surface area (Å²) in [6, 6.07) is 4.03. The number of aryl methyl sites for hydroxylation is 1. The zero-order valence-electron chi connectivity index (χ0n) is 17.6. The van der Waals surface area contributed by atoms with Crippen molar-refractivity contribution in [3.8, 4) is 0 Å². The quantitative estimate of drug-likeness (QED) is 0.460. The number of hydrogen-bond acceptors (Lipinski definition) is 0. The van der Waals surface area contributed by atoms with E-state index in [1.807, 2.05) is 19.9 Å². The first-order valence-electron chi connectivity index (χ1n) is 9.89. The molecule has 0 N–H and O–H groups in total. The summed E-state index contributed by atoms with van der Waals surface area (Å²) in [5.41, 5.74) is 7.76. The minimum atomic E-state index is -0.0491. The smallest absolute Gasteiger partial charge is 0.129 e. The fraction of sp³-hybridized carbons (Fsp3) is 0.520. The lowest BCUT2D eigenvalue weighted by atomic mass is 9.65. The molecule has 26 heavy (non-hydrogen) atoms. The van der Waals surface area contributed by atoms with Crippen LogP contribution >= 0.6 is 0 Å². The summed E-state index contributed by atoms with van der Waals surface area (Å²) in [5, 5.41) is 0. The molecular weight excluding hydrogens is 319 g/mol. The molecule has 1 unspecified atom stereocenters. The van der Waals surface area contributed by atoms with Crippen LogP contribution in [-0.2, 0) is 6.42 Å². The Morgan fingerprint density at radius 1 is 1.08 bits per heavy atom. The zero-order chi connectivity index (χ0) is 19.6. The molecule has 2 rings (SSSR count). The van der Waals surface area contributed by atoms with E-state index in [0.29, 0.717) is 5.92 Å². The Balaban J connectivity index is 2.47. The Morgan fingerprint density at radius 2 is 1.62 bits per heavy atom. The van der Waals surface area contributed by atoms with Gasteiger partial charge in [0.2, 0.25) is 0 Å². The molecule has 0 aliphatic heterocycles. The first-order valence-corrected chi connectivity index (χ1v) is 9.89. The van der Waals surface area contributed by atoms with Gasteiger partial charge in [-0.2, -0.15) is 0 Å². The molecule has 1 heteroatoms. The van der Waals surface area contributed by atoms with Crippen molar-refractivity contribution in [2.75, 3.05) is 0 Å². The molecule has 0 nitrogen and oxygen atoms in total. The van der Waals surface area contributed by atoms with Gasteiger partial charge in [-0.05, 0) is 87.5 Å². The molecule has 0 spiro atoms.